The van der Waals surface area contributed by atoms with E-state index in [1.807, 2.05) is 43.2 Å². The molecule has 1 saturated heterocycles. The lowest BCUT2D eigenvalue weighted by Crippen LogP contribution is -2.44. The minimum absolute atomic E-state index is 0.249. The summed E-state index contributed by atoms with van der Waals surface area (Å²) in [7, 11) is 1.93. The fraction of sp³-hybridized carbons (Fsp3) is 0.333. The molecular weight excluding hydrogens is 366 g/mol. The molecule has 5 heterocycles. The smallest absolute Gasteiger partial charge is 0.162 e. The van der Waals surface area contributed by atoms with Crippen LogP contribution in [0.1, 0.15) is 12.6 Å². The minimum atomic E-state index is 0.249. The van der Waals surface area contributed by atoms with Crippen LogP contribution in [0, 0.1) is 6.92 Å². The molecule has 4 aromatic rings. The Kier molecular flexibility index (Phi) is 4.28. The molecule has 1 atom stereocenters. The molecule has 0 radical (unpaired) electrons. The van der Waals surface area contributed by atoms with Gasteiger partial charge in [-0.25, -0.2) is 15.0 Å². The molecule has 148 valence electrons. The van der Waals surface area contributed by atoms with E-state index in [1.165, 1.54) is 0 Å². The third-order valence-corrected chi connectivity index (χ3v) is 5.37. The summed E-state index contributed by atoms with van der Waals surface area (Å²) in [5.41, 5.74) is 4.62. The largest absolute Gasteiger partial charge is 0.377 e. The van der Waals surface area contributed by atoms with Gasteiger partial charge in [-0.3, -0.25) is 4.68 Å². The van der Waals surface area contributed by atoms with Gasteiger partial charge in [0, 0.05) is 54.8 Å². The van der Waals surface area contributed by atoms with E-state index < -0.39 is 0 Å². The standard InChI is InChI=1S/C21H23N7O/c1-13-12-29-9-8-28(13)19-10-18(17-11-27(3)26-14(17)2)24-21(25-19)16-5-7-23-20-15(16)4-6-22-20/h4-7,10-11,13H,8-9,12H2,1-3H3,(H,22,23). The van der Waals surface area contributed by atoms with E-state index in [1.54, 1.807) is 6.20 Å². The molecule has 8 nitrogen and oxygen atoms in total. The predicted octanol–water partition coefficient (Wildman–Crippen LogP) is 2.95. The van der Waals surface area contributed by atoms with Crippen LogP contribution in [-0.2, 0) is 11.8 Å². The number of nitrogens with one attached hydrogen (secondary N) is 1. The van der Waals surface area contributed by atoms with Gasteiger partial charge in [-0.1, -0.05) is 0 Å². The molecule has 0 saturated carbocycles. The SMILES string of the molecule is Cc1nn(C)cc1-c1cc(N2CCOCC2C)nc(-c2ccnc3[nH]ccc23)n1. The fourth-order valence-corrected chi connectivity index (χ4v) is 3.91. The Labute approximate surface area is 168 Å². The third kappa shape index (κ3) is 3.15. The molecule has 0 spiro atoms. The van der Waals surface area contributed by atoms with Crippen molar-refractivity contribution in [2.75, 3.05) is 24.7 Å². The van der Waals surface area contributed by atoms with Gasteiger partial charge < -0.3 is 14.6 Å². The maximum Gasteiger partial charge on any atom is 0.162 e. The van der Waals surface area contributed by atoms with E-state index >= 15 is 0 Å². The van der Waals surface area contributed by atoms with E-state index in [4.69, 9.17) is 14.7 Å². The van der Waals surface area contributed by atoms with Crippen molar-refractivity contribution in [1.82, 2.24) is 29.7 Å². The van der Waals surface area contributed by atoms with Crippen LogP contribution in [0.4, 0.5) is 5.82 Å². The van der Waals surface area contributed by atoms with E-state index in [9.17, 15) is 0 Å². The number of ether oxygens (including phenoxy) is 1. The van der Waals surface area contributed by atoms with Gasteiger partial charge in [0.05, 0.1) is 30.6 Å². The van der Waals surface area contributed by atoms with Crippen molar-refractivity contribution >= 4 is 16.9 Å². The monoisotopic (exact) mass is 389 g/mol. The quantitative estimate of drug-likeness (QED) is 0.580. The van der Waals surface area contributed by atoms with E-state index in [2.05, 4.69) is 33.0 Å². The second-order valence-corrected chi connectivity index (χ2v) is 7.45. The number of nitrogens with zero attached hydrogens (tertiary/aromatic N) is 6. The van der Waals surface area contributed by atoms with E-state index in [0.29, 0.717) is 19.0 Å². The topological polar surface area (TPSA) is 84.8 Å². The van der Waals surface area contributed by atoms with Crippen molar-refractivity contribution < 1.29 is 4.74 Å². The van der Waals surface area contributed by atoms with Gasteiger partial charge in [-0.15, -0.1) is 0 Å². The van der Waals surface area contributed by atoms with Crippen LogP contribution in [0.5, 0.6) is 0 Å². The Morgan fingerprint density at radius 2 is 2.10 bits per heavy atom. The summed E-state index contributed by atoms with van der Waals surface area (Å²) in [6.45, 7) is 6.36. The summed E-state index contributed by atoms with van der Waals surface area (Å²) in [6.07, 6.45) is 5.68. The zero-order valence-electron chi connectivity index (χ0n) is 16.8. The summed E-state index contributed by atoms with van der Waals surface area (Å²) in [6, 6.07) is 6.29. The molecule has 1 N–H and O–H groups in total. The highest BCUT2D eigenvalue weighted by Gasteiger charge is 2.23. The first kappa shape index (κ1) is 17.8. The molecule has 1 fully saturated rings. The van der Waals surface area contributed by atoms with Crippen molar-refractivity contribution in [2.24, 2.45) is 7.05 Å². The van der Waals surface area contributed by atoms with Crippen LogP contribution >= 0.6 is 0 Å². The second kappa shape index (κ2) is 6.97. The van der Waals surface area contributed by atoms with Crippen molar-refractivity contribution in [1.29, 1.82) is 0 Å². The number of pyridine rings is 1. The van der Waals surface area contributed by atoms with Gasteiger partial charge in [-0.05, 0) is 26.0 Å². The number of rotatable bonds is 3. The van der Waals surface area contributed by atoms with Gasteiger partial charge in [0.1, 0.15) is 11.5 Å². The summed E-state index contributed by atoms with van der Waals surface area (Å²) >= 11 is 0. The maximum atomic E-state index is 5.62. The molecule has 4 aromatic heterocycles. The Morgan fingerprint density at radius 1 is 1.21 bits per heavy atom. The highest BCUT2D eigenvalue weighted by atomic mass is 16.5. The maximum absolute atomic E-state index is 5.62. The normalized spacial score (nSPS) is 17.2. The minimum Gasteiger partial charge on any atom is -0.377 e. The second-order valence-electron chi connectivity index (χ2n) is 7.45. The summed E-state index contributed by atoms with van der Waals surface area (Å²) in [4.78, 5) is 19.7. The lowest BCUT2D eigenvalue weighted by molar-refractivity contribution is 0.0985. The van der Waals surface area contributed by atoms with Crippen molar-refractivity contribution in [2.45, 2.75) is 19.9 Å². The molecule has 0 amide bonds. The van der Waals surface area contributed by atoms with Crippen LogP contribution in [-0.4, -0.2) is 55.5 Å². The number of hydrogen-bond acceptors (Lipinski definition) is 6. The van der Waals surface area contributed by atoms with Crippen LogP contribution in [0.15, 0.2) is 36.8 Å². The molecule has 1 aliphatic heterocycles. The van der Waals surface area contributed by atoms with Crippen molar-refractivity contribution in [3.8, 4) is 22.6 Å². The van der Waals surface area contributed by atoms with Gasteiger partial charge >= 0.3 is 0 Å². The number of hydrogen-bond donors (Lipinski definition) is 1. The Balaban J connectivity index is 1.72. The van der Waals surface area contributed by atoms with Crippen LogP contribution in [0.2, 0.25) is 0 Å². The number of aromatic amines is 1. The Bertz CT molecular complexity index is 1180. The van der Waals surface area contributed by atoms with Gasteiger partial charge in [-0.2, -0.15) is 5.10 Å². The molecule has 1 aliphatic rings. The third-order valence-electron chi connectivity index (χ3n) is 5.37. The van der Waals surface area contributed by atoms with Crippen LogP contribution < -0.4 is 4.90 Å². The predicted molar refractivity (Wildman–Crippen MR) is 112 cm³/mol. The number of aromatic nitrogens is 6. The number of fused-ring (bicyclic) bond motifs is 1. The molecule has 0 aromatic carbocycles. The molecule has 1 unspecified atom stereocenters. The highest BCUT2D eigenvalue weighted by Crippen LogP contribution is 2.31. The first-order chi connectivity index (χ1) is 14.1. The first-order valence-electron chi connectivity index (χ1n) is 9.76. The number of aryl methyl sites for hydroxylation is 2. The van der Waals surface area contributed by atoms with Crippen LogP contribution in [0.25, 0.3) is 33.7 Å². The Morgan fingerprint density at radius 3 is 2.90 bits per heavy atom. The average Bonchev–Trinajstić information content (AvgIpc) is 3.33. The molecular formula is C21H23N7O. The first-order valence-corrected chi connectivity index (χ1v) is 9.76. The highest BCUT2D eigenvalue weighted by molar-refractivity contribution is 5.91. The molecule has 0 bridgehead atoms. The van der Waals surface area contributed by atoms with Gasteiger partial charge in [0.2, 0.25) is 0 Å². The number of anilines is 1. The molecule has 0 aliphatic carbocycles. The lowest BCUT2D eigenvalue weighted by Gasteiger charge is -2.34. The van der Waals surface area contributed by atoms with Crippen LogP contribution in [0.3, 0.4) is 0 Å². The van der Waals surface area contributed by atoms with E-state index in [-0.39, 0.29) is 6.04 Å². The summed E-state index contributed by atoms with van der Waals surface area (Å²) < 4.78 is 7.44. The average molecular weight is 389 g/mol. The van der Waals surface area contributed by atoms with Gasteiger partial charge in [0.15, 0.2) is 5.82 Å². The zero-order chi connectivity index (χ0) is 20.0. The Hall–Kier alpha value is -3.26. The lowest BCUT2D eigenvalue weighted by atomic mass is 10.1. The van der Waals surface area contributed by atoms with E-state index in [0.717, 1.165) is 45.9 Å². The number of H-pyrrole nitrogens is 1. The molecule has 29 heavy (non-hydrogen) atoms. The number of morpholine rings is 1. The molecule has 8 heteroatoms. The summed E-state index contributed by atoms with van der Waals surface area (Å²) in [5.74, 6) is 1.59. The van der Waals surface area contributed by atoms with Crippen molar-refractivity contribution in [3.05, 3.63) is 42.5 Å². The fourth-order valence-electron chi connectivity index (χ4n) is 3.91. The molecule has 5 rings (SSSR count). The van der Waals surface area contributed by atoms with Gasteiger partial charge in [0.25, 0.3) is 0 Å². The summed E-state index contributed by atoms with van der Waals surface area (Å²) in [5, 5.41) is 5.50. The van der Waals surface area contributed by atoms with Crippen molar-refractivity contribution in [3.63, 3.8) is 0 Å². The zero-order valence-corrected chi connectivity index (χ0v) is 16.8.